The number of rotatable bonds is 6. The second kappa shape index (κ2) is 6.12. The van der Waals surface area contributed by atoms with Crippen molar-refractivity contribution in [1.29, 1.82) is 0 Å². The van der Waals surface area contributed by atoms with Crippen LogP contribution < -0.4 is 5.73 Å². The lowest BCUT2D eigenvalue weighted by molar-refractivity contribution is -0.120. The maximum Gasteiger partial charge on any atom is 0.231 e. The second-order valence-corrected chi connectivity index (χ2v) is 6.40. The molecule has 1 fully saturated rings. The molecule has 1 amide bonds. The van der Waals surface area contributed by atoms with Gasteiger partial charge in [0.15, 0.2) is 5.82 Å². The van der Waals surface area contributed by atoms with Gasteiger partial charge in [-0.05, 0) is 37.0 Å². The molecule has 25 heavy (non-hydrogen) atoms. The van der Waals surface area contributed by atoms with Gasteiger partial charge in [-0.25, -0.2) is 9.67 Å². The van der Waals surface area contributed by atoms with E-state index in [1.807, 2.05) is 35.0 Å². The number of carbonyl (C=O) groups excluding carboxylic acids is 1. The van der Waals surface area contributed by atoms with E-state index in [0.717, 1.165) is 24.8 Å². The van der Waals surface area contributed by atoms with Crippen LogP contribution >= 0.6 is 0 Å². The van der Waals surface area contributed by atoms with Crippen molar-refractivity contribution in [3.8, 4) is 11.4 Å². The Morgan fingerprint density at radius 2 is 1.84 bits per heavy atom. The van der Waals surface area contributed by atoms with E-state index < -0.39 is 5.41 Å². The molecule has 1 aliphatic carbocycles. The highest BCUT2D eigenvalue weighted by molar-refractivity contribution is 5.89. The molecule has 2 heterocycles. The van der Waals surface area contributed by atoms with Gasteiger partial charge >= 0.3 is 0 Å². The molecule has 0 spiro atoms. The molecule has 1 aromatic carbocycles. The lowest BCUT2D eigenvalue weighted by atomic mass is 10.1. The van der Waals surface area contributed by atoms with Gasteiger partial charge in [-0.3, -0.25) is 9.78 Å². The molecule has 0 atom stereocenters. The molecule has 4 rings (SSSR count). The Bertz CT molecular complexity index is 885. The monoisotopic (exact) mass is 333 g/mol. The Hall–Kier alpha value is -3.02. The lowest BCUT2D eigenvalue weighted by Crippen LogP contribution is -2.31. The lowest BCUT2D eigenvalue weighted by Gasteiger charge is -2.12. The van der Waals surface area contributed by atoms with E-state index in [1.165, 1.54) is 5.56 Å². The van der Waals surface area contributed by atoms with Gasteiger partial charge in [-0.15, -0.1) is 0 Å². The van der Waals surface area contributed by atoms with Gasteiger partial charge in [0.1, 0.15) is 11.2 Å². The Morgan fingerprint density at radius 1 is 1.12 bits per heavy atom. The summed E-state index contributed by atoms with van der Waals surface area (Å²) >= 11 is 0. The second-order valence-electron chi connectivity index (χ2n) is 6.40. The Kier molecular flexibility index (Phi) is 3.80. The van der Waals surface area contributed by atoms with Crippen LogP contribution in [0, 0.1) is 0 Å². The van der Waals surface area contributed by atoms with Crippen molar-refractivity contribution in [1.82, 2.24) is 19.7 Å². The van der Waals surface area contributed by atoms with Gasteiger partial charge in [0, 0.05) is 24.5 Å². The first-order chi connectivity index (χ1) is 12.2. The zero-order valence-corrected chi connectivity index (χ0v) is 13.8. The Balaban J connectivity index is 1.69. The van der Waals surface area contributed by atoms with Crippen molar-refractivity contribution in [3.63, 3.8) is 0 Å². The maximum atomic E-state index is 12.0. The summed E-state index contributed by atoms with van der Waals surface area (Å²) in [6.07, 6.45) is 5.72. The van der Waals surface area contributed by atoms with Crippen molar-refractivity contribution < 1.29 is 4.79 Å². The van der Waals surface area contributed by atoms with Gasteiger partial charge in [-0.1, -0.05) is 30.3 Å². The minimum absolute atomic E-state index is 0.317. The number of amides is 1. The van der Waals surface area contributed by atoms with Crippen LogP contribution in [0.2, 0.25) is 0 Å². The molecule has 1 saturated carbocycles. The third-order valence-electron chi connectivity index (χ3n) is 4.72. The number of benzene rings is 1. The minimum Gasteiger partial charge on any atom is -0.369 e. The van der Waals surface area contributed by atoms with Crippen LogP contribution in [-0.2, 0) is 23.2 Å². The summed E-state index contributed by atoms with van der Waals surface area (Å²) in [5.41, 5.74) is 7.11. The highest BCUT2D eigenvalue weighted by Gasteiger charge is 2.54. The van der Waals surface area contributed by atoms with Crippen molar-refractivity contribution in [3.05, 3.63) is 66.2 Å². The van der Waals surface area contributed by atoms with Crippen molar-refractivity contribution >= 4 is 5.91 Å². The summed E-state index contributed by atoms with van der Waals surface area (Å²) in [5.74, 6) is 0.975. The number of nitrogens with two attached hydrogens (primary N) is 1. The number of carbonyl (C=O) groups is 1. The van der Waals surface area contributed by atoms with E-state index in [0.29, 0.717) is 18.2 Å². The molecule has 0 saturated heterocycles. The zero-order chi connectivity index (χ0) is 17.3. The Morgan fingerprint density at radius 3 is 2.48 bits per heavy atom. The van der Waals surface area contributed by atoms with Crippen LogP contribution in [0.4, 0.5) is 0 Å². The molecule has 2 aromatic heterocycles. The predicted octanol–water partition coefficient (Wildman–Crippen LogP) is 2.10. The highest BCUT2D eigenvalue weighted by atomic mass is 16.1. The van der Waals surface area contributed by atoms with E-state index >= 15 is 0 Å². The summed E-state index contributed by atoms with van der Waals surface area (Å²) in [6, 6.07) is 13.9. The van der Waals surface area contributed by atoms with Gasteiger partial charge in [-0.2, -0.15) is 5.10 Å². The van der Waals surface area contributed by atoms with Crippen LogP contribution in [0.15, 0.2) is 54.9 Å². The molecular formula is C19H19N5O. The molecule has 3 aromatic rings. The van der Waals surface area contributed by atoms with Crippen molar-refractivity contribution in [2.45, 2.75) is 31.2 Å². The first-order valence-corrected chi connectivity index (χ1v) is 8.39. The number of nitrogens with zero attached hydrogens (tertiary/aromatic N) is 4. The van der Waals surface area contributed by atoms with Crippen LogP contribution in [0.5, 0.6) is 0 Å². The van der Waals surface area contributed by atoms with E-state index in [4.69, 9.17) is 5.73 Å². The first-order valence-electron chi connectivity index (χ1n) is 8.39. The third kappa shape index (κ3) is 2.91. The number of hydrogen-bond donors (Lipinski definition) is 1. The molecule has 126 valence electrons. The third-order valence-corrected chi connectivity index (χ3v) is 4.72. The predicted molar refractivity (Wildman–Crippen MR) is 93.5 cm³/mol. The summed E-state index contributed by atoms with van der Waals surface area (Å²) in [4.78, 5) is 20.7. The average Bonchev–Trinajstić information content (AvgIpc) is 3.36. The fourth-order valence-electron chi connectivity index (χ4n) is 3.06. The Labute approximate surface area is 145 Å². The molecule has 2 N–H and O–H groups in total. The van der Waals surface area contributed by atoms with Crippen LogP contribution in [0.3, 0.4) is 0 Å². The average molecular weight is 333 g/mol. The van der Waals surface area contributed by atoms with Gasteiger partial charge in [0.2, 0.25) is 5.91 Å². The van der Waals surface area contributed by atoms with E-state index in [-0.39, 0.29) is 5.91 Å². The quantitative estimate of drug-likeness (QED) is 0.748. The normalized spacial score (nSPS) is 15.0. The summed E-state index contributed by atoms with van der Waals surface area (Å²) in [5, 5.41) is 4.65. The van der Waals surface area contributed by atoms with Gasteiger partial charge < -0.3 is 5.73 Å². The van der Waals surface area contributed by atoms with E-state index in [1.54, 1.807) is 12.4 Å². The minimum atomic E-state index is -0.658. The number of primary amides is 1. The van der Waals surface area contributed by atoms with Gasteiger partial charge in [0.05, 0.1) is 0 Å². The van der Waals surface area contributed by atoms with Crippen LogP contribution in [0.1, 0.15) is 24.2 Å². The summed E-state index contributed by atoms with van der Waals surface area (Å²) in [7, 11) is 0. The molecule has 0 aliphatic heterocycles. The molecule has 1 aliphatic rings. The molecule has 0 radical (unpaired) electrons. The largest absolute Gasteiger partial charge is 0.369 e. The van der Waals surface area contributed by atoms with E-state index in [9.17, 15) is 4.79 Å². The van der Waals surface area contributed by atoms with Crippen LogP contribution in [0.25, 0.3) is 11.4 Å². The fraction of sp³-hybridized carbons (Fsp3) is 0.263. The molecule has 0 unspecified atom stereocenters. The standard InChI is InChI=1S/C19H19N5O/c20-17(25)19(9-10-19)18-22-16(15-6-11-21-12-7-15)23-24(18)13-8-14-4-2-1-3-5-14/h1-7,11-12H,8-10,13H2,(H2,20,25). The summed E-state index contributed by atoms with van der Waals surface area (Å²) in [6.45, 7) is 0.659. The topological polar surface area (TPSA) is 86.7 Å². The highest BCUT2D eigenvalue weighted by Crippen LogP contribution is 2.47. The zero-order valence-electron chi connectivity index (χ0n) is 13.8. The van der Waals surface area contributed by atoms with Gasteiger partial charge in [0.25, 0.3) is 0 Å². The van der Waals surface area contributed by atoms with E-state index in [2.05, 4.69) is 27.2 Å². The summed E-state index contributed by atoms with van der Waals surface area (Å²) < 4.78 is 1.85. The molecular weight excluding hydrogens is 314 g/mol. The first kappa shape index (κ1) is 15.5. The number of aromatic nitrogens is 4. The molecule has 6 nitrogen and oxygen atoms in total. The number of hydrogen-bond acceptors (Lipinski definition) is 4. The smallest absolute Gasteiger partial charge is 0.231 e. The molecule has 6 heteroatoms. The molecule has 0 bridgehead atoms. The number of pyridine rings is 1. The SMILES string of the molecule is NC(=O)C1(c2nc(-c3ccncc3)nn2CCc2ccccc2)CC1. The maximum absolute atomic E-state index is 12.0. The van der Waals surface area contributed by atoms with Crippen molar-refractivity contribution in [2.24, 2.45) is 5.73 Å². The fourth-order valence-corrected chi connectivity index (χ4v) is 3.06. The number of aryl methyl sites for hydroxylation is 2. The van der Waals surface area contributed by atoms with Crippen LogP contribution in [-0.4, -0.2) is 25.7 Å². The van der Waals surface area contributed by atoms with Crippen molar-refractivity contribution in [2.75, 3.05) is 0 Å².